The first-order valence-corrected chi connectivity index (χ1v) is 7.27. The van der Waals surface area contributed by atoms with Crippen molar-refractivity contribution in [3.05, 3.63) is 29.3 Å². The van der Waals surface area contributed by atoms with Gasteiger partial charge in [0.15, 0.2) is 0 Å². The molecule has 0 aromatic heterocycles. The number of nitrogens with zero attached hydrogens (tertiary/aromatic N) is 1. The van der Waals surface area contributed by atoms with Crippen molar-refractivity contribution in [2.45, 2.75) is 33.0 Å². The van der Waals surface area contributed by atoms with E-state index < -0.39 is 6.10 Å². The number of rotatable bonds is 5. The number of ether oxygens (including phenoxy) is 2. The van der Waals surface area contributed by atoms with Crippen LogP contribution >= 0.6 is 0 Å². The van der Waals surface area contributed by atoms with E-state index in [4.69, 9.17) is 9.47 Å². The third-order valence-electron chi connectivity index (χ3n) is 3.62. The zero-order chi connectivity index (χ0) is 14.5. The fraction of sp³-hybridized carbons (Fsp3) is 0.625. The van der Waals surface area contributed by atoms with Crippen LogP contribution in [-0.4, -0.2) is 55.1 Å². The van der Waals surface area contributed by atoms with E-state index in [0.717, 1.165) is 36.6 Å². The molecular formula is C16H25NO3. The van der Waals surface area contributed by atoms with Crippen LogP contribution in [-0.2, 0) is 4.74 Å². The van der Waals surface area contributed by atoms with Crippen molar-refractivity contribution < 1.29 is 14.6 Å². The average molecular weight is 279 g/mol. The number of aryl methyl sites for hydroxylation is 2. The molecule has 1 aliphatic heterocycles. The molecule has 112 valence electrons. The molecule has 1 saturated heterocycles. The van der Waals surface area contributed by atoms with Crippen molar-refractivity contribution in [2.75, 3.05) is 32.8 Å². The van der Waals surface area contributed by atoms with Gasteiger partial charge in [-0.2, -0.15) is 0 Å². The summed E-state index contributed by atoms with van der Waals surface area (Å²) in [5, 5.41) is 10.1. The highest BCUT2D eigenvalue weighted by atomic mass is 16.5. The molecule has 1 aromatic rings. The van der Waals surface area contributed by atoms with Crippen molar-refractivity contribution in [3.8, 4) is 5.75 Å². The Morgan fingerprint density at radius 1 is 1.40 bits per heavy atom. The standard InChI is InChI=1S/C16H25NO3/c1-12-5-4-6-13(2)16(12)20-11-15(18)10-17-7-8-19-14(3)9-17/h4-6,14-15,18H,7-11H2,1-3H3/t14-,15+/m1/s1. The van der Waals surface area contributed by atoms with Crippen LogP contribution < -0.4 is 4.74 Å². The molecule has 1 fully saturated rings. The first-order chi connectivity index (χ1) is 9.56. The molecule has 4 heteroatoms. The van der Waals surface area contributed by atoms with Crippen LogP contribution in [0.4, 0.5) is 0 Å². The van der Waals surface area contributed by atoms with E-state index >= 15 is 0 Å². The quantitative estimate of drug-likeness (QED) is 0.892. The average Bonchev–Trinajstić information content (AvgIpc) is 2.38. The first-order valence-electron chi connectivity index (χ1n) is 7.27. The monoisotopic (exact) mass is 279 g/mol. The second kappa shape index (κ2) is 7.07. The summed E-state index contributed by atoms with van der Waals surface area (Å²) in [5.41, 5.74) is 2.22. The van der Waals surface area contributed by atoms with Crippen molar-refractivity contribution in [1.82, 2.24) is 4.90 Å². The molecule has 0 saturated carbocycles. The maximum absolute atomic E-state index is 10.1. The first kappa shape index (κ1) is 15.3. The zero-order valence-corrected chi connectivity index (χ0v) is 12.6. The van der Waals surface area contributed by atoms with E-state index in [-0.39, 0.29) is 6.10 Å². The van der Waals surface area contributed by atoms with Gasteiger partial charge in [0.2, 0.25) is 0 Å². The van der Waals surface area contributed by atoms with E-state index in [9.17, 15) is 5.11 Å². The molecular weight excluding hydrogens is 254 g/mol. The molecule has 2 atom stereocenters. The lowest BCUT2D eigenvalue weighted by atomic mass is 10.1. The lowest BCUT2D eigenvalue weighted by Gasteiger charge is -2.32. The van der Waals surface area contributed by atoms with Crippen LogP contribution in [0.3, 0.4) is 0 Å². The summed E-state index contributed by atoms with van der Waals surface area (Å²) in [4.78, 5) is 2.23. The van der Waals surface area contributed by atoms with E-state index in [2.05, 4.69) is 11.8 Å². The molecule has 0 amide bonds. The van der Waals surface area contributed by atoms with Crippen molar-refractivity contribution in [3.63, 3.8) is 0 Å². The predicted molar refractivity (Wildman–Crippen MR) is 79.3 cm³/mol. The van der Waals surface area contributed by atoms with Crippen LogP contribution in [0.2, 0.25) is 0 Å². The van der Waals surface area contributed by atoms with E-state index in [1.807, 2.05) is 32.0 Å². The summed E-state index contributed by atoms with van der Waals surface area (Å²) in [6.45, 7) is 9.58. The van der Waals surface area contributed by atoms with Gasteiger partial charge in [-0.1, -0.05) is 18.2 Å². The summed E-state index contributed by atoms with van der Waals surface area (Å²) < 4.78 is 11.3. The lowest BCUT2D eigenvalue weighted by Crippen LogP contribution is -2.45. The largest absolute Gasteiger partial charge is 0.490 e. The minimum absolute atomic E-state index is 0.246. The minimum atomic E-state index is -0.473. The maximum atomic E-state index is 10.1. The Morgan fingerprint density at radius 3 is 2.75 bits per heavy atom. The number of aliphatic hydroxyl groups is 1. The summed E-state index contributed by atoms with van der Waals surface area (Å²) in [6, 6.07) is 6.07. The van der Waals surface area contributed by atoms with Gasteiger partial charge in [0.1, 0.15) is 18.5 Å². The van der Waals surface area contributed by atoms with Gasteiger partial charge in [0.25, 0.3) is 0 Å². The van der Waals surface area contributed by atoms with Crippen LogP contribution in [0.15, 0.2) is 18.2 Å². The molecule has 0 unspecified atom stereocenters. The van der Waals surface area contributed by atoms with Crippen LogP contribution in [0.5, 0.6) is 5.75 Å². The van der Waals surface area contributed by atoms with Crippen LogP contribution in [0, 0.1) is 13.8 Å². The zero-order valence-electron chi connectivity index (χ0n) is 12.6. The van der Waals surface area contributed by atoms with E-state index in [1.54, 1.807) is 0 Å². The van der Waals surface area contributed by atoms with E-state index in [0.29, 0.717) is 13.2 Å². The molecule has 20 heavy (non-hydrogen) atoms. The highest BCUT2D eigenvalue weighted by Gasteiger charge is 2.19. The van der Waals surface area contributed by atoms with Gasteiger partial charge in [-0.05, 0) is 31.9 Å². The van der Waals surface area contributed by atoms with Crippen LogP contribution in [0.1, 0.15) is 18.1 Å². The van der Waals surface area contributed by atoms with Gasteiger partial charge in [-0.3, -0.25) is 4.90 Å². The molecule has 2 rings (SSSR count). The maximum Gasteiger partial charge on any atom is 0.125 e. The number of aliphatic hydroxyl groups excluding tert-OH is 1. The Hall–Kier alpha value is -1.10. The molecule has 1 aliphatic rings. The van der Waals surface area contributed by atoms with Crippen molar-refractivity contribution >= 4 is 0 Å². The molecule has 1 aromatic carbocycles. The molecule has 1 N–H and O–H groups in total. The normalized spacial score (nSPS) is 21.7. The number of hydrogen-bond acceptors (Lipinski definition) is 4. The van der Waals surface area contributed by atoms with Crippen molar-refractivity contribution in [2.24, 2.45) is 0 Å². The number of morpholine rings is 1. The predicted octanol–water partition coefficient (Wildman–Crippen LogP) is 1.76. The van der Waals surface area contributed by atoms with Gasteiger partial charge in [0, 0.05) is 19.6 Å². The Morgan fingerprint density at radius 2 is 2.10 bits per heavy atom. The smallest absolute Gasteiger partial charge is 0.125 e. The second-order valence-electron chi connectivity index (χ2n) is 5.63. The number of β-amino-alcohol motifs (C(OH)–C–C–N with tert-alkyl or cyclic N) is 1. The number of para-hydroxylation sites is 1. The number of hydrogen-bond donors (Lipinski definition) is 1. The van der Waals surface area contributed by atoms with Crippen LogP contribution in [0.25, 0.3) is 0 Å². The summed E-state index contributed by atoms with van der Waals surface area (Å²) >= 11 is 0. The fourth-order valence-corrected chi connectivity index (χ4v) is 2.61. The van der Waals surface area contributed by atoms with Gasteiger partial charge < -0.3 is 14.6 Å². The second-order valence-corrected chi connectivity index (χ2v) is 5.63. The number of benzene rings is 1. The Bertz CT molecular complexity index is 415. The third kappa shape index (κ3) is 4.20. The molecule has 0 aliphatic carbocycles. The van der Waals surface area contributed by atoms with Gasteiger partial charge in [0.05, 0.1) is 12.7 Å². The summed E-state index contributed by atoms with van der Waals surface area (Å²) in [7, 11) is 0. The Labute approximate surface area is 121 Å². The van der Waals surface area contributed by atoms with Gasteiger partial charge >= 0.3 is 0 Å². The fourth-order valence-electron chi connectivity index (χ4n) is 2.61. The third-order valence-corrected chi connectivity index (χ3v) is 3.62. The highest BCUT2D eigenvalue weighted by molar-refractivity contribution is 5.39. The summed E-state index contributed by atoms with van der Waals surface area (Å²) in [6.07, 6.45) is -0.227. The highest BCUT2D eigenvalue weighted by Crippen LogP contribution is 2.22. The summed E-state index contributed by atoms with van der Waals surface area (Å²) in [5.74, 6) is 0.891. The van der Waals surface area contributed by atoms with Crippen molar-refractivity contribution in [1.29, 1.82) is 0 Å². The molecule has 0 radical (unpaired) electrons. The van der Waals surface area contributed by atoms with Gasteiger partial charge in [-0.15, -0.1) is 0 Å². The topological polar surface area (TPSA) is 41.9 Å². The van der Waals surface area contributed by atoms with E-state index in [1.165, 1.54) is 0 Å². The SMILES string of the molecule is Cc1cccc(C)c1OC[C@@H](O)CN1CCO[C@H](C)C1. The Balaban J connectivity index is 1.81. The Kier molecular flexibility index (Phi) is 5.40. The molecule has 4 nitrogen and oxygen atoms in total. The van der Waals surface area contributed by atoms with Gasteiger partial charge in [-0.25, -0.2) is 0 Å². The molecule has 1 heterocycles. The molecule has 0 spiro atoms. The minimum Gasteiger partial charge on any atom is -0.490 e. The molecule has 0 bridgehead atoms. The lowest BCUT2D eigenvalue weighted by molar-refractivity contribution is -0.0361.